The van der Waals surface area contributed by atoms with Crippen LogP contribution in [0.1, 0.15) is 33.9 Å². The Labute approximate surface area is 114 Å². The first-order chi connectivity index (χ1) is 8.47. The van der Waals surface area contributed by atoms with E-state index in [1.807, 2.05) is 18.2 Å². The zero-order chi connectivity index (χ0) is 13.3. The lowest BCUT2D eigenvalue weighted by atomic mass is 9.94. The molecule has 0 aliphatic heterocycles. The Kier molecular flexibility index (Phi) is 3.74. The first-order valence-electron chi connectivity index (χ1n) is 6.07. The highest BCUT2D eigenvalue weighted by atomic mass is 35.5. The Bertz CT molecular complexity index is 555. The van der Waals surface area contributed by atoms with Gasteiger partial charge in [-0.05, 0) is 49.6 Å². The Hall–Kier alpha value is -1.31. The molecule has 0 saturated heterocycles. The Morgan fingerprint density at radius 2 is 1.56 bits per heavy atom. The normalized spacial score (nSPS) is 12.5. The van der Waals surface area contributed by atoms with Crippen molar-refractivity contribution in [3.63, 3.8) is 0 Å². The third-order valence-corrected chi connectivity index (χ3v) is 3.41. The molecule has 2 N–H and O–H groups in total. The molecular formula is C16H18ClN. The fourth-order valence-electron chi connectivity index (χ4n) is 2.32. The number of benzene rings is 2. The molecule has 18 heavy (non-hydrogen) atoms. The minimum absolute atomic E-state index is 0.123. The highest BCUT2D eigenvalue weighted by Gasteiger charge is 2.12. The van der Waals surface area contributed by atoms with E-state index in [0.29, 0.717) is 0 Å². The van der Waals surface area contributed by atoms with Crippen LogP contribution in [0, 0.1) is 20.8 Å². The average molecular weight is 260 g/mol. The lowest BCUT2D eigenvalue weighted by Gasteiger charge is -2.17. The zero-order valence-corrected chi connectivity index (χ0v) is 11.8. The molecule has 0 aliphatic rings. The second kappa shape index (κ2) is 5.13. The summed E-state index contributed by atoms with van der Waals surface area (Å²) in [6.45, 7) is 6.25. The van der Waals surface area contributed by atoms with E-state index in [-0.39, 0.29) is 6.04 Å². The van der Waals surface area contributed by atoms with Crippen molar-refractivity contribution >= 4 is 11.6 Å². The molecule has 2 heteroatoms. The van der Waals surface area contributed by atoms with E-state index in [1.165, 1.54) is 16.7 Å². The van der Waals surface area contributed by atoms with Crippen LogP contribution in [0.2, 0.25) is 5.02 Å². The van der Waals surface area contributed by atoms with E-state index in [4.69, 9.17) is 17.3 Å². The fraction of sp³-hybridized carbons (Fsp3) is 0.250. The van der Waals surface area contributed by atoms with Crippen molar-refractivity contribution in [1.29, 1.82) is 0 Å². The first kappa shape index (κ1) is 13.1. The van der Waals surface area contributed by atoms with Gasteiger partial charge in [0, 0.05) is 5.02 Å². The van der Waals surface area contributed by atoms with E-state index in [1.54, 1.807) is 0 Å². The molecule has 94 valence electrons. The quantitative estimate of drug-likeness (QED) is 0.854. The van der Waals surface area contributed by atoms with Crippen molar-refractivity contribution in [2.75, 3.05) is 0 Å². The van der Waals surface area contributed by atoms with Gasteiger partial charge in [-0.1, -0.05) is 47.0 Å². The molecule has 0 amide bonds. The van der Waals surface area contributed by atoms with Gasteiger partial charge in [0.25, 0.3) is 0 Å². The SMILES string of the molecule is Cc1cc(C)cc(C(N)c2cc(Cl)ccc2C)c1. The first-order valence-corrected chi connectivity index (χ1v) is 6.45. The second-order valence-electron chi connectivity index (χ2n) is 4.90. The van der Waals surface area contributed by atoms with Crippen molar-refractivity contribution in [2.45, 2.75) is 26.8 Å². The van der Waals surface area contributed by atoms with Gasteiger partial charge in [0.1, 0.15) is 0 Å². The molecule has 1 nitrogen and oxygen atoms in total. The van der Waals surface area contributed by atoms with Crippen LogP contribution in [0.3, 0.4) is 0 Å². The summed E-state index contributed by atoms with van der Waals surface area (Å²) in [5.74, 6) is 0. The summed E-state index contributed by atoms with van der Waals surface area (Å²) in [6.07, 6.45) is 0. The van der Waals surface area contributed by atoms with E-state index < -0.39 is 0 Å². The molecule has 0 radical (unpaired) electrons. The molecule has 1 unspecified atom stereocenters. The fourth-order valence-corrected chi connectivity index (χ4v) is 2.50. The lowest BCUT2D eigenvalue weighted by Crippen LogP contribution is -2.13. The Balaban J connectivity index is 2.47. The maximum atomic E-state index is 6.37. The van der Waals surface area contributed by atoms with E-state index in [9.17, 15) is 0 Å². The van der Waals surface area contributed by atoms with Crippen LogP contribution >= 0.6 is 11.6 Å². The smallest absolute Gasteiger partial charge is 0.0554 e. The van der Waals surface area contributed by atoms with Gasteiger partial charge in [-0.15, -0.1) is 0 Å². The molecule has 0 aliphatic carbocycles. The summed E-state index contributed by atoms with van der Waals surface area (Å²) in [4.78, 5) is 0. The van der Waals surface area contributed by atoms with Crippen LogP contribution in [-0.4, -0.2) is 0 Å². The van der Waals surface area contributed by atoms with Gasteiger partial charge in [-0.2, -0.15) is 0 Å². The Morgan fingerprint density at radius 3 is 2.17 bits per heavy atom. The summed E-state index contributed by atoms with van der Waals surface area (Å²) in [6, 6.07) is 12.2. The summed E-state index contributed by atoms with van der Waals surface area (Å²) < 4.78 is 0. The number of hydrogen-bond donors (Lipinski definition) is 1. The minimum atomic E-state index is -0.123. The summed E-state index contributed by atoms with van der Waals surface area (Å²) in [5, 5.41) is 0.732. The van der Waals surface area contributed by atoms with Crippen LogP contribution in [-0.2, 0) is 0 Å². The van der Waals surface area contributed by atoms with Crippen LogP contribution in [0.25, 0.3) is 0 Å². The summed E-state index contributed by atoms with van der Waals surface area (Å²) in [5.41, 5.74) is 12.2. The molecule has 0 heterocycles. The standard InChI is InChI=1S/C16H18ClN/c1-10-6-11(2)8-13(7-10)16(18)15-9-14(17)5-4-12(15)3/h4-9,16H,18H2,1-3H3. The molecular weight excluding hydrogens is 242 g/mol. The van der Waals surface area contributed by atoms with Crippen molar-refractivity contribution in [2.24, 2.45) is 5.73 Å². The highest BCUT2D eigenvalue weighted by molar-refractivity contribution is 6.30. The number of rotatable bonds is 2. The number of hydrogen-bond acceptors (Lipinski definition) is 1. The van der Waals surface area contributed by atoms with Gasteiger partial charge < -0.3 is 5.73 Å². The molecule has 0 aromatic heterocycles. The van der Waals surface area contributed by atoms with E-state index >= 15 is 0 Å². The zero-order valence-electron chi connectivity index (χ0n) is 11.0. The van der Waals surface area contributed by atoms with Crippen LogP contribution < -0.4 is 5.73 Å². The monoisotopic (exact) mass is 259 g/mol. The second-order valence-corrected chi connectivity index (χ2v) is 5.34. The topological polar surface area (TPSA) is 26.0 Å². The van der Waals surface area contributed by atoms with Gasteiger partial charge in [0.05, 0.1) is 6.04 Å². The lowest BCUT2D eigenvalue weighted by molar-refractivity contribution is 0.858. The highest BCUT2D eigenvalue weighted by Crippen LogP contribution is 2.26. The predicted molar refractivity (Wildman–Crippen MR) is 78.1 cm³/mol. The maximum Gasteiger partial charge on any atom is 0.0554 e. The molecule has 1 atom stereocenters. The average Bonchev–Trinajstić information content (AvgIpc) is 2.30. The molecule has 0 saturated carbocycles. The molecule has 2 rings (SSSR count). The molecule has 0 spiro atoms. The van der Waals surface area contributed by atoms with E-state index in [2.05, 4.69) is 39.0 Å². The van der Waals surface area contributed by atoms with Gasteiger partial charge >= 0.3 is 0 Å². The third kappa shape index (κ3) is 2.74. The van der Waals surface area contributed by atoms with Gasteiger partial charge in [0.15, 0.2) is 0 Å². The largest absolute Gasteiger partial charge is 0.320 e. The van der Waals surface area contributed by atoms with Gasteiger partial charge in [-0.3, -0.25) is 0 Å². The molecule has 0 fully saturated rings. The third-order valence-electron chi connectivity index (χ3n) is 3.18. The molecule has 2 aromatic carbocycles. The van der Waals surface area contributed by atoms with Crippen LogP contribution in [0.4, 0.5) is 0 Å². The molecule has 2 aromatic rings. The van der Waals surface area contributed by atoms with Crippen LogP contribution in [0.5, 0.6) is 0 Å². The van der Waals surface area contributed by atoms with Crippen LogP contribution in [0.15, 0.2) is 36.4 Å². The number of aryl methyl sites for hydroxylation is 3. The van der Waals surface area contributed by atoms with Crippen molar-refractivity contribution in [3.05, 3.63) is 69.2 Å². The number of nitrogens with two attached hydrogens (primary N) is 1. The maximum absolute atomic E-state index is 6.37. The summed E-state index contributed by atoms with van der Waals surface area (Å²) in [7, 11) is 0. The van der Waals surface area contributed by atoms with E-state index in [0.717, 1.165) is 16.1 Å². The molecule has 0 bridgehead atoms. The predicted octanol–water partition coefficient (Wildman–Crippen LogP) is 4.31. The van der Waals surface area contributed by atoms with Gasteiger partial charge in [0.2, 0.25) is 0 Å². The number of halogens is 1. The minimum Gasteiger partial charge on any atom is -0.320 e. The van der Waals surface area contributed by atoms with Gasteiger partial charge in [-0.25, -0.2) is 0 Å². The Morgan fingerprint density at radius 1 is 0.944 bits per heavy atom. The summed E-state index contributed by atoms with van der Waals surface area (Å²) >= 11 is 6.06. The van der Waals surface area contributed by atoms with Crippen molar-refractivity contribution < 1.29 is 0 Å². The van der Waals surface area contributed by atoms with Crippen molar-refractivity contribution in [3.8, 4) is 0 Å². The van der Waals surface area contributed by atoms with Crippen molar-refractivity contribution in [1.82, 2.24) is 0 Å².